The first-order valence-corrected chi connectivity index (χ1v) is 12.8. The number of halogens is 2. The molecule has 0 N–H and O–H groups in total. The minimum atomic E-state index is -3.79. The quantitative estimate of drug-likeness (QED) is 0.319. The smallest absolute Gasteiger partial charge is 0.170 e. The molecule has 10 nitrogen and oxygen atoms in total. The molecule has 3 aromatic heterocycles. The van der Waals surface area contributed by atoms with Crippen molar-refractivity contribution in [1.82, 2.24) is 29.7 Å². The fourth-order valence-electron chi connectivity index (χ4n) is 3.57. The second-order valence-electron chi connectivity index (χ2n) is 7.82. The van der Waals surface area contributed by atoms with E-state index >= 15 is 0 Å². The highest BCUT2D eigenvalue weighted by Gasteiger charge is 2.29. The van der Waals surface area contributed by atoms with E-state index in [1.165, 1.54) is 27.3 Å². The van der Waals surface area contributed by atoms with Crippen molar-refractivity contribution in [3.8, 4) is 28.6 Å². The first-order valence-electron chi connectivity index (χ1n) is 10.7. The van der Waals surface area contributed by atoms with E-state index in [9.17, 15) is 12.8 Å². The molecule has 4 rings (SSSR count). The van der Waals surface area contributed by atoms with Crippen LogP contribution in [0.15, 0.2) is 49.1 Å². The van der Waals surface area contributed by atoms with Crippen LogP contribution in [0.1, 0.15) is 18.6 Å². The zero-order chi connectivity index (χ0) is 25.9. The number of nitrogens with zero attached hydrogens (tertiary/aromatic N) is 6. The van der Waals surface area contributed by atoms with Gasteiger partial charge in [-0.3, -0.25) is 9.55 Å². The number of ether oxygens (including phenoxy) is 2. The molecule has 188 valence electrons. The molecule has 0 bridgehead atoms. The normalized spacial score (nSPS) is 12.4. The van der Waals surface area contributed by atoms with Gasteiger partial charge in [-0.1, -0.05) is 17.7 Å². The van der Waals surface area contributed by atoms with Crippen LogP contribution in [0, 0.1) is 5.82 Å². The van der Waals surface area contributed by atoms with Crippen LogP contribution in [0.25, 0.3) is 17.1 Å². The molecule has 0 saturated carbocycles. The Labute approximate surface area is 212 Å². The van der Waals surface area contributed by atoms with Gasteiger partial charge in [0, 0.05) is 24.4 Å². The number of sulfone groups is 1. The number of pyridine rings is 1. The lowest BCUT2D eigenvalue weighted by atomic mass is 10.2. The third kappa shape index (κ3) is 5.29. The molecule has 0 aliphatic heterocycles. The predicted octanol–water partition coefficient (Wildman–Crippen LogP) is 3.48. The van der Waals surface area contributed by atoms with E-state index in [1.54, 1.807) is 35.0 Å². The minimum absolute atomic E-state index is 0.000198. The third-order valence-corrected chi connectivity index (χ3v) is 7.67. The topological polar surface area (TPSA) is 122 Å². The molecule has 3 heterocycles. The number of aromatic nitrogens is 6. The maximum absolute atomic E-state index is 13.4. The largest absolute Gasteiger partial charge is 0.494 e. The zero-order valence-electron chi connectivity index (χ0n) is 19.6. The molecule has 36 heavy (non-hydrogen) atoms. The summed E-state index contributed by atoms with van der Waals surface area (Å²) in [6.07, 6.45) is 5.01. The van der Waals surface area contributed by atoms with Gasteiger partial charge >= 0.3 is 0 Å². The maximum Gasteiger partial charge on any atom is 0.170 e. The summed E-state index contributed by atoms with van der Waals surface area (Å²) in [6, 6.07) is 6.81. The maximum atomic E-state index is 13.4. The Bertz CT molecular complexity index is 1460. The number of benzene rings is 1. The Kier molecular flexibility index (Phi) is 7.45. The van der Waals surface area contributed by atoms with Crippen LogP contribution in [0.5, 0.6) is 11.5 Å². The van der Waals surface area contributed by atoms with Crippen molar-refractivity contribution < 1.29 is 22.3 Å². The fraction of sp³-hybridized carbons (Fsp3) is 0.261. The van der Waals surface area contributed by atoms with Crippen molar-refractivity contribution in [2.75, 3.05) is 14.2 Å². The van der Waals surface area contributed by atoms with E-state index in [0.717, 1.165) is 12.4 Å². The van der Waals surface area contributed by atoms with Crippen LogP contribution in [-0.4, -0.2) is 57.6 Å². The van der Waals surface area contributed by atoms with Crippen molar-refractivity contribution in [2.24, 2.45) is 0 Å². The van der Waals surface area contributed by atoms with E-state index in [0.29, 0.717) is 33.6 Å². The summed E-state index contributed by atoms with van der Waals surface area (Å²) in [5.74, 6) is 0.403. The first kappa shape index (κ1) is 25.5. The minimum Gasteiger partial charge on any atom is -0.494 e. The molecular weight excluding hydrogens is 511 g/mol. The lowest BCUT2D eigenvalue weighted by Gasteiger charge is -2.18. The van der Waals surface area contributed by atoms with Gasteiger partial charge in [0.15, 0.2) is 27.3 Å². The summed E-state index contributed by atoms with van der Waals surface area (Å²) in [5, 5.41) is 7.96. The molecule has 4 aromatic rings. The standard InChI is InChI=1S/C23H22ClFN6O4S/c1-14(7-20-27-11-17(25)12-28-20)36(32,33)13-21-29-30-23(15-8-16(24)10-26-9-15)31(21)22-18(34-2)5-4-6-19(22)35-3/h4-6,8-12,14H,7,13H2,1-3H3/t14-/m0/s1. The fourth-order valence-corrected chi connectivity index (χ4v) is 4.98. The van der Waals surface area contributed by atoms with Crippen LogP contribution >= 0.6 is 11.6 Å². The van der Waals surface area contributed by atoms with E-state index < -0.39 is 26.7 Å². The Morgan fingerprint density at radius 2 is 1.72 bits per heavy atom. The molecule has 0 saturated heterocycles. The van der Waals surface area contributed by atoms with Crippen LogP contribution in [0.4, 0.5) is 4.39 Å². The molecule has 0 fully saturated rings. The number of para-hydroxylation sites is 1. The Morgan fingerprint density at radius 3 is 2.33 bits per heavy atom. The Morgan fingerprint density at radius 1 is 1.06 bits per heavy atom. The Hall–Kier alpha value is -3.64. The third-order valence-electron chi connectivity index (χ3n) is 5.41. The van der Waals surface area contributed by atoms with Crippen molar-refractivity contribution >= 4 is 21.4 Å². The van der Waals surface area contributed by atoms with Crippen molar-refractivity contribution in [2.45, 2.75) is 24.3 Å². The van der Waals surface area contributed by atoms with Crippen molar-refractivity contribution in [1.29, 1.82) is 0 Å². The number of rotatable bonds is 9. The lowest BCUT2D eigenvalue weighted by molar-refractivity contribution is 0.391. The molecule has 0 radical (unpaired) electrons. The van der Waals surface area contributed by atoms with Crippen LogP contribution in [0.2, 0.25) is 5.02 Å². The predicted molar refractivity (Wildman–Crippen MR) is 130 cm³/mol. The molecule has 1 aromatic carbocycles. The van der Waals surface area contributed by atoms with Gasteiger partial charge in [0.1, 0.15) is 28.8 Å². The van der Waals surface area contributed by atoms with E-state index in [-0.39, 0.29) is 18.1 Å². The van der Waals surface area contributed by atoms with Gasteiger partial charge in [-0.05, 0) is 25.1 Å². The molecule has 0 unspecified atom stereocenters. The van der Waals surface area contributed by atoms with E-state index in [1.807, 2.05) is 0 Å². The summed E-state index contributed by atoms with van der Waals surface area (Å²) in [7, 11) is -0.808. The number of hydrogen-bond donors (Lipinski definition) is 0. The van der Waals surface area contributed by atoms with Gasteiger partial charge in [-0.25, -0.2) is 22.8 Å². The van der Waals surface area contributed by atoms with E-state index in [4.69, 9.17) is 21.1 Å². The second kappa shape index (κ2) is 10.5. The average Bonchev–Trinajstić information content (AvgIpc) is 3.27. The van der Waals surface area contributed by atoms with E-state index in [2.05, 4.69) is 25.1 Å². The van der Waals surface area contributed by atoms with Gasteiger partial charge in [0.25, 0.3) is 0 Å². The second-order valence-corrected chi connectivity index (χ2v) is 10.7. The first-order chi connectivity index (χ1) is 17.2. The molecule has 1 atom stereocenters. The SMILES string of the molecule is COc1cccc(OC)c1-n1c(CS(=O)(=O)[C@@H](C)Cc2ncc(F)cn2)nnc1-c1cncc(Cl)c1. The lowest BCUT2D eigenvalue weighted by Crippen LogP contribution is -2.24. The van der Waals surface area contributed by atoms with Gasteiger partial charge in [-0.2, -0.15) is 0 Å². The monoisotopic (exact) mass is 532 g/mol. The highest BCUT2D eigenvalue weighted by atomic mass is 35.5. The summed E-state index contributed by atoms with van der Waals surface area (Å²) in [6.45, 7) is 1.54. The van der Waals surface area contributed by atoms with Gasteiger partial charge in [0.2, 0.25) is 0 Å². The van der Waals surface area contributed by atoms with Crippen molar-refractivity contribution in [3.63, 3.8) is 0 Å². The molecule has 0 spiro atoms. The molecule has 13 heteroatoms. The van der Waals surface area contributed by atoms with Crippen LogP contribution in [0.3, 0.4) is 0 Å². The molecular formula is C23H22ClFN6O4S. The highest BCUT2D eigenvalue weighted by molar-refractivity contribution is 7.91. The molecule has 0 aliphatic rings. The summed E-state index contributed by atoms with van der Waals surface area (Å²) in [4.78, 5) is 11.8. The van der Waals surface area contributed by atoms with Crippen LogP contribution in [-0.2, 0) is 22.0 Å². The van der Waals surface area contributed by atoms with Crippen LogP contribution < -0.4 is 9.47 Å². The molecule has 0 aliphatic carbocycles. The number of methoxy groups -OCH3 is 2. The summed E-state index contributed by atoms with van der Waals surface area (Å²) >= 11 is 6.15. The van der Waals surface area contributed by atoms with Gasteiger partial charge < -0.3 is 9.47 Å². The number of hydrogen-bond acceptors (Lipinski definition) is 9. The van der Waals surface area contributed by atoms with Gasteiger partial charge in [-0.15, -0.1) is 10.2 Å². The average molecular weight is 533 g/mol. The van der Waals surface area contributed by atoms with Crippen molar-refractivity contribution in [3.05, 3.63) is 71.5 Å². The highest BCUT2D eigenvalue weighted by Crippen LogP contribution is 2.37. The molecule has 0 amide bonds. The Balaban J connectivity index is 1.81. The zero-order valence-corrected chi connectivity index (χ0v) is 21.2. The van der Waals surface area contributed by atoms with Gasteiger partial charge in [0.05, 0.1) is 36.9 Å². The summed E-state index contributed by atoms with van der Waals surface area (Å²) in [5.41, 5.74) is 0.932. The summed E-state index contributed by atoms with van der Waals surface area (Å²) < 4.78 is 52.5.